The number of nitrogens with one attached hydrogen (secondary N) is 1. The highest BCUT2D eigenvalue weighted by Gasteiger charge is 2.33. The highest BCUT2D eigenvalue weighted by atomic mass is 35.5. The number of amides is 2. The molecule has 0 saturated carbocycles. The monoisotopic (exact) mass is 605 g/mol. The predicted octanol–water partition coefficient (Wildman–Crippen LogP) is 5.45. The Kier molecular flexibility index (Phi) is 10.5. The summed E-state index contributed by atoms with van der Waals surface area (Å²) in [6.07, 6.45) is 0. The number of halogens is 2. The summed E-state index contributed by atoms with van der Waals surface area (Å²) in [4.78, 5) is 28.2. The summed E-state index contributed by atoms with van der Waals surface area (Å²) < 4.78 is 33.9. The van der Waals surface area contributed by atoms with Gasteiger partial charge < -0.3 is 15.0 Å². The molecule has 1 N–H and O–H groups in total. The van der Waals surface area contributed by atoms with Gasteiger partial charge in [-0.2, -0.15) is 0 Å². The van der Waals surface area contributed by atoms with E-state index in [9.17, 15) is 18.0 Å². The lowest BCUT2D eigenvalue weighted by atomic mass is 10.1. The molecule has 11 heteroatoms. The molecule has 0 aliphatic carbocycles. The standard InChI is InChI=1S/C29H33Cl2N3O5S/c1-19(2)32-29(36)21(4)33(17-22-8-9-23(30)16-27(22)31)28(35)18-34(24-10-6-20(3)7-11-24)40(37,38)26-14-12-25(39-5)13-15-26/h6-16,19,21H,17-18H2,1-5H3,(H,32,36)/t21-/m1/s1. The van der Waals surface area contributed by atoms with Crippen LogP contribution in [0.5, 0.6) is 5.75 Å². The SMILES string of the molecule is COc1ccc(S(=O)(=O)N(CC(=O)N(Cc2ccc(Cl)cc2Cl)[C@H](C)C(=O)NC(C)C)c2ccc(C)cc2)cc1. The second-order valence-corrected chi connectivity index (χ2v) is 12.3. The van der Waals surface area contributed by atoms with Crippen LogP contribution in [0.3, 0.4) is 0 Å². The minimum atomic E-state index is -4.19. The van der Waals surface area contributed by atoms with Crippen LogP contribution in [0, 0.1) is 6.92 Å². The molecule has 40 heavy (non-hydrogen) atoms. The van der Waals surface area contributed by atoms with E-state index in [4.69, 9.17) is 27.9 Å². The van der Waals surface area contributed by atoms with Crippen LogP contribution in [-0.2, 0) is 26.2 Å². The van der Waals surface area contributed by atoms with E-state index < -0.39 is 28.5 Å². The van der Waals surface area contributed by atoms with E-state index in [1.165, 1.54) is 36.3 Å². The van der Waals surface area contributed by atoms with Gasteiger partial charge in [-0.25, -0.2) is 8.42 Å². The molecule has 0 bridgehead atoms. The van der Waals surface area contributed by atoms with Gasteiger partial charge in [0.05, 0.1) is 17.7 Å². The Morgan fingerprint density at radius 3 is 2.12 bits per heavy atom. The molecular weight excluding hydrogens is 573 g/mol. The van der Waals surface area contributed by atoms with Gasteiger partial charge in [-0.1, -0.05) is 47.0 Å². The van der Waals surface area contributed by atoms with Crippen LogP contribution < -0.4 is 14.4 Å². The van der Waals surface area contributed by atoms with Crippen molar-refractivity contribution in [2.75, 3.05) is 18.0 Å². The molecule has 0 aliphatic heterocycles. The summed E-state index contributed by atoms with van der Waals surface area (Å²) in [5, 5.41) is 3.56. The van der Waals surface area contributed by atoms with E-state index in [0.717, 1.165) is 9.87 Å². The third-order valence-electron chi connectivity index (χ3n) is 6.20. The van der Waals surface area contributed by atoms with Gasteiger partial charge in [-0.15, -0.1) is 0 Å². The van der Waals surface area contributed by atoms with Gasteiger partial charge in [0, 0.05) is 22.6 Å². The lowest BCUT2D eigenvalue weighted by Crippen LogP contribution is -2.52. The van der Waals surface area contributed by atoms with E-state index in [1.807, 2.05) is 20.8 Å². The maximum absolute atomic E-state index is 13.9. The van der Waals surface area contributed by atoms with Gasteiger partial charge in [0.25, 0.3) is 10.0 Å². The first kappa shape index (κ1) is 31.3. The van der Waals surface area contributed by atoms with Crippen molar-refractivity contribution in [2.45, 2.75) is 51.2 Å². The molecule has 3 aromatic carbocycles. The number of carbonyl (C=O) groups is 2. The van der Waals surface area contributed by atoms with Gasteiger partial charge in [0.1, 0.15) is 18.3 Å². The first-order valence-electron chi connectivity index (χ1n) is 12.6. The van der Waals surface area contributed by atoms with Crippen LogP contribution in [-0.4, -0.2) is 50.9 Å². The Balaban J connectivity index is 2.05. The molecule has 3 aromatic rings. The van der Waals surface area contributed by atoms with Crippen LogP contribution >= 0.6 is 23.2 Å². The maximum Gasteiger partial charge on any atom is 0.264 e. The minimum absolute atomic E-state index is 0.0143. The van der Waals surface area contributed by atoms with Crippen molar-refractivity contribution in [1.82, 2.24) is 10.2 Å². The van der Waals surface area contributed by atoms with Crippen LogP contribution in [0.4, 0.5) is 5.69 Å². The molecular formula is C29H33Cl2N3O5S. The number of hydrogen-bond donors (Lipinski definition) is 1. The molecule has 0 heterocycles. The third kappa shape index (κ3) is 7.68. The Hall–Kier alpha value is -3.27. The molecule has 0 spiro atoms. The Morgan fingerprint density at radius 1 is 0.950 bits per heavy atom. The zero-order valence-electron chi connectivity index (χ0n) is 23.0. The lowest BCUT2D eigenvalue weighted by Gasteiger charge is -2.32. The minimum Gasteiger partial charge on any atom is -0.497 e. The van der Waals surface area contributed by atoms with Crippen LogP contribution in [0.2, 0.25) is 10.0 Å². The maximum atomic E-state index is 13.9. The topological polar surface area (TPSA) is 96.0 Å². The molecule has 0 fully saturated rings. The zero-order valence-corrected chi connectivity index (χ0v) is 25.3. The summed E-state index contributed by atoms with van der Waals surface area (Å²) in [5.41, 5.74) is 1.79. The summed E-state index contributed by atoms with van der Waals surface area (Å²) in [6, 6.07) is 16.5. The third-order valence-corrected chi connectivity index (χ3v) is 8.58. The molecule has 0 aromatic heterocycles. The fourth-order valence-electron chi connectivity index (χ4n) is 3.94. The summed E-state index contributed by atoms with van der Waals surface area (Å²) in [7, 11) is -2.70. The largest absolute Gasteiger partial charge is 0.497 e. The molecule has 1 atom stereocenters. The van der Waals surface area contributed by atoms with Crippen molar-refractivity contribution in [1.29, 1.82) is 0 Å². The Labute approximate surface area is 245 Å². The normalized spacial score (nSPS) is 12.1. The summed E-state index contributed by atoms with van der Waals surface area (Å²) >= 11 is 12.5. The molecule has 0 radical (unpaired) electrons. The average molecular weight is 607 g/mol. The van der Waals surface area contributed by atoms with Gasteiger partial charge >= 0.3 is 0 Å². The molecule has 0 aliphatic rings. The molecule has 3 rings (SSSR count). The van der Waals surface area contributed by atoms with E-state index in [1.54, 1.807) is 49.4 Å². The number of nitrogens with zero attached hydrogens (tertiary/aromatic N) is 2. The second-order valence-electron chi connectivity index (χ2n) is 9.62. The van der Waals surface area contributed by atoms with Crippen molar-refractivity contribution >= 4 is 50.7 Å². The number of hydrogen-bond acceptors (Lipinski definition) is 5. The molecule has 2 amide bonds. The fourth-order valence-corrected chi connectivity index (χ4v) is 5.82. The number of methoxy groups -OCH3 is 1. The summed E-state index contributed by atoms with van der Waals surface area (Å²) in [6.45, 7) is 6.51. The number of sulfonamides is 1. The van der Waals surface area contributed by atoms with E-state index in [0.29, 0.717) is 27.0 Å². The van der Waals surface area contributed by atoms with Gasteiger partial charge in [0.15, 0.2) is 0 Å². The van der Waals surface area contributed by atoms with Crippen molar-refractivity contribution in [3.63, 3.8) is 0 Å². The first-order valence-corrected chi connectivity index (χ1v) is 14.8. The van der Waals surface area contributed by atoms with Crippen molar-refractivity contribution < 1.29 is 22.7 Å². The van der Waals surface area contributed by atoms with Gasteiger partial charge in [0.2, 0.25) is 11.8 Å². The highest BCUT2D eigenvalue weighted by Crippen LogP contribution is 2.27. The molecule has 8 nitrogen and oxygen atoms in total. The number of aryl methyl sites for hydroxylation is 1. The second kappa shape index (κ2) is 13.4. The predicted molar refractivity (Wildman–Crippen MR) is 158 cm³/mol. The first-order chi connectivity index (χ1) is 18.8. The quantitative estimate of drug-likeness (QED) is 0.313. The lowest BCUT2D eigenvalue weighted by molar-refractivity contribution is -0.139. The average Bonchev–Trinajstić information content (AvgIpc) is 2.91. The fraction of sp³-hybridized carbons (Fsp3) is 0.310. The van der Waals surface area contributed by atoms with E-state index in [2.05, 4.69) is 5.32 Å². The molecule has 214 valence electrons. The van der Waals surface area contributed by atoms with Crippen LogP contribution in [0.1, 0.15) is 31.9 Å². The van der Waals surface area contributed by atoms with E-state index in [-0.39, 0.29) is 23.4 Å². The number of benzene rings is 3. The van der Waals surface area contributed by atoms with Crippen LogP contribution in [0.25, 0.3) is 0 Å². The van der Waals surface area contributed by atoms with E-state index >= 15 is 0 Å². The smallest absolute Gasteiger partial charge is 0.264 e. The molecule has 0 unspecified atom stereocenters. The highest BCUT2D eigenvalue weighted by molar-refractivity contribution is 7.92. The van der Waals surface area contributed by atoms with Gasteiger partial charge in [-0.3, -0.25) is 13.9 Å². The Morgan fingerprint density at radius 2 is 1.57 bits per heavy atom. The Bertz CT molecular complexity index is 1450. The number of rotatable bonds is 11. The zero-order chi connectivity index (χ0) is 29.6. The van der Waals surface area contributed by atoms with Gasteiger partial charge in [-0.05, 0) is 81.8 Å². The van der Waals surface area contributed by atoms with Crippen molar-refractivity contribution in [3.8, 4) is 5.75 Å². The summed E-state index contributed by atoms with van der Waals surface area (Å²) in [5.74, 6) is -0.476. The van der Waals surface area contributed by atoms with Crippen molar-refractivity contribution in [3.05, 3.63) is 87.9 Å². The number of ether oxygens (including phenoxy) is 1. The molecule has 0 saturated heterocycles. The van der Waals surface area contributed by atoms with Crippen molar-refractivity contribution in [2.24, 2.45) is 0 Å². The number of anilines is 1. The number of carbonyl (C=O) groups excluding carboxylic acids is 2. The van der Waals surface area contributed by atoms with Crippen LogP contribution in [0.15, 0.2) is 71.6 Å².